The topological polar surface area (TPSA) is 34.1 Å². The molecule has 21 heavy (non-hydrogen) atoms. The van der Waals surface area contributed by atoms with Gasteiger partial charge >= 0.3 is 0 Å². The molecule has 0 spiro atoms. The lowest BCUT2D eigenvalue weighted by Gasteiger charge is -2.25. The second kappa shape index (κ2) is 5.64. The molecule has 2 aliphatic carbocycles. The van der Waals surface area contributed by atoms with Crippen LogP contribution in [0.5, 0.6) is 0 Å². The summed E-state index contributed by atoms with van der Waals surface area (Å²) in [5.74, 6) is 0. The van der Waals surface area contributed by atoms with Gasteiger partial charge in [0.15, 0.2) is 0 Å². The minimum Gasteiger partial charge on any atom is -0.371 e. The summed E-state index contributed by atoms with van der Waals surface area (Å²) in [6.45, 7) is 7.76. The number of methoxy groups -OCH3 is 1. The molecule has 0 bridgehead atoms. The molecule has 0 aliphatic heterocycles. The fraction of sp³-hybridized carbons (Fsp3) is 0.824. The van der Waals surface area contributed by atoms with Crippen LogP contribution in [0.3, 0.4) is 0 Å². The molecule has 1 aromatic rings. The highest BCUT2D eigenvalue weighted by atomic mass is 32.1. The summed E-state index contributed by atoms with van der Waals surface area (Å²) in [5, 5.41) is 4.86. The molecular weight excluding hydrogens is 280 g/mol. The van der Waals surface area contributed by atoms with E-state index in [9.17, 15) is 0 Å². The normalized spacial score (nSPS) is 21.9. The van der Waals surface area contributed by atoms with E-state index in [1.54, 1.807) is 0 Å². The molecule has 0 radical (unpaired) electrons. The van der Waals surface area contributed by atoms with Gasteiger partial charge in [-0.15, -0.1) is 11.3 Å². The Hall–Kier alpha value is -0.450. The fourth-order valence-corrected chi connectivity index (χ4v) is 4.68. The Balaban J connectivity index is 1.90. The molecule has 1 aromatic heterocycles. The maximum Gasteiger partial charge on any atom is 0.125 e. The SMILES string of the molecule is COC1(c2nc(C(C)(C)C)c(CNC3CC3)s2)CCCC1. The van der Waals surface area contributed by atoms with Crippen LogP contribution in [-0.2, 0) is 22.3 Å². The Kier molecular flexibility index (Phi) is 4.15. The van der Waals surface area contributed by atoms with Crippen LogP contribution in [0, 0.1) is 0 Å². The molecular formula is C17H28N2OS. The Bertz CT molecular complexity index is 493. The standard InChI is InChI=1S/C17H28N2OS/c1-16(2,3)14-13(11-18-12-7-8-12)21-15(19-14)17(20-4)9-5-6-10-17/h12,18H,5-11H2,1-4H3. The molecule has 4 heteroatoms. The first kappa shape index (κ1) is 15.4. The first-order chi connectivity index (χ1) is 9.94. The van der Waals surface area contributed by atoms with E-state index in [1.165, 1.54) is 41.3 Å². The van der Waals surface area contributed by atoms with Crippen LogP contribution in [0.4, 0.5) is 0 Å². The lowest BCUT2D eigenvalue weighted by Crippen LogP contribution is -2.24. The molecule has 3 rings (SSSR count). The average Bonchev–Trinajstić information content (AvgIpc) is 2.96. The summed E-state index contributed by atoms with van der Waals surface area (Å²) in [6, 6.07) is 0.742. The number of hydrogen-bond donors (Lipinski definition) is 1. The van der Waals surface area contributed by atoms with Crippen LogP contribution in [-0.4, -0.2) is 18.1 Å². The second-order valence-corrected chi connectivity index (χ2v) is 8.69. The highest BCUT2D eigenvalue weighted by molar-refractivity contribution is 7.11. The van der Waals surface area contributed by atoms with E-state index in [4.69, 9.17) is 9.72 Å². The van der Waals surface area contributed by atoms with Gasteiger partial charge in [-0.3, -0.25) is 0 Å². The summed E-state index contributed by atoms with van der Waals surface area (Å²) < 4.78 is 5.93. The second-order valence-electron chi connectivity index (χ2n) is 7.60. The monoisotopic (exact) mass is 308 g/mol. The summed E-state index contributed by atoms with van der Waals surface area (Å²) in [5.41, 5.74) is 1.25. The van der Waals surface area contributed by atoms with Gasteiger partial charge in [-0.1, -0.05) is 33.6 Å². The maximum atomic E-state index is 5.93. The first-order valence-corrected chi connectivity index (χ1v) is 9.05. The van der Waals surface area contributed by atoms with Crippen molar-refractivity contribution in [1.82, 2.24) is 10.3 Å². The minimum atomic E-state index is -0.109. The van der Waals surface area contributed by atoms with Crippen molar-refractivity contribution >= 4 is 11.3 Å². The molecule has 1 N–H and O–H groups in total. The van der Waals surface area contributed by atoms with E-state index in [1.807, 2.05) is 18.4 Å². The van der Waals surface area contributed by atoms with Crippen molar-refractivity contribution in [2.45, 2.75) is 82.9 Å². The van der Waals surface area contributed by atoms with Gasteiger partial charge in [0, 0.05) is 30.0 Å². The van der Waals surface area contributed by atoms with E-state index in [0.717, 1.165) is 25.4 Å². The van der Waals surface area contributed by atoms with E-state index in [2.05, 4.69) is 26.1 Å². The van der Waals surface area contributed by atoms with Gasteiger partial charge in [0.05, 0.1) is 5.69 Å². The van der Waals surface area contributed by atoms with Crippen LogP contribution in [0.1, 0.15) is 74.9 Å². The lowest BCUT2D eigenvalue weighted by molar-refractivity contribution is -0.00903. The van der Waals surface area contributed by atoms with Crippen molar-refractivity contribution < 1.29 is 4.74 Å². The van der Waals surface area contributed by atoms with Crippen molar-refractivity contribution in [3.63, 3.8) is 0 Å². The number of rotatable bonds is 5. The third-order valence-electron chi connectivity index (χ3n) is 4.73. The minimum absolute atomic E-state index is 0.100. The quantitative estimate of drug-likeness (QED) is 0.889. The molecule has 2 fully saturated rings. The number of nitrogens with one attached hydrogen (secondary N) is 1. The zero-order valence-corrected chi connectivity index (χ0v) is 14.6. The Morgan fingerprint density at radius 3 is 2.48 bits per heavy atom. The largest absolute Gasteiger partial charge is 0.371 e. The van der Waals surface area contributed by atoms with E-state index in [0.29, 0.717) is 0 Å². The Morgan fingerprint density at radius 1 is 1.29 bits per heavy atom. The number of hydrogen-bond acceptors (Lipinski definition) is 4. The summed E-state index contributed by atoms with van der Waals surface area (Å²) in [7, 11) is 1.85. The molecule has 0 aromatic carbocycles. The molecule has 0 saturated heterocycles. The van der Waals surface area contributed by atoms with E-state index in [-0.39, 0.29) is 11.0 Å². The Morgan fingerprint density at radius 2 is 1.95 bits per heavy atom. The van der Waals surface area contributed by atoms with Gasteiger partial charge in [0.2, 0.25) is 0 Å². The van der Waals surface area contributed by atoms with Gasteiger partial charge in [0.25, 0.3) is 0 Å². The highest BCUT2D eigenvalue weighted by Crippen LogP contribution is 2.45. The average molecular weight is 308 g/mol. The molecule has 2 saturated carbocycles. The van der Waals surface area contributed by atoms with Crippen LogP contribution in [0.25, 0.3) is 0 Å². The van der Waals surface area contributed by atoms with Gasteiger partial charge in [-0.2, -0.15) is 0 Å². The Labute approximate surface area is 132 Å². The van der Waals surface area contributed by atoms with Crippen molar-refractivity contribution in [1.29, 1.82) is 0 Å². The molecule has 0 amide bonds. The lowest BCUT2D eigenvalue weighted by atomic mass is 9.91. The van der Waals surface area contributed by atoms with Gasteiger partial charge in [0.1, 0.15) is 10.6 Å². The summed E-state index contributed by atoms with van der Waals surface area (Å²) in [6.07, 6.45) is 7.42. The predicted octanol–water partition coefficient (Wildman–Crippen LogP) is 4.11. The van der Waals surface area contributed by atoms with Crippen molar-refractivity contribution in [3.05, 3.63) is 15.6 Å². The smallest absolute Gasteiger partial charge is 0.125 e. The summed E-state index contributed by atoms with van der Waals surface area (Å²) >= 11 is 1.88. The first-order valence-electron chi connectivity index (χ1n) is 8.24. The van der Waals surface area contributed by atoms with E-state index >= 15 is 0 Å². The van der Waals surface area contributed by atoms with E-state index < -0.39 is 0 Å². The fourth-order valence-electron chi connectivity index (χ4n) is 3.23. The molecule has 118 valence electrons. The molecule has 3 nitrogen and oxygen atoms in total. The third-order valence-corrected chi connectivity index (χ3v) is 5.97. The zero-order valence-electron chi connectivity index (χ0n) is 13.8. The van der Waals surface area contributed by atoms with Crippen LogP contribution in [0.15, 0.2) is 0 Å². The third kappa shape index (κ3) is 3.17. The van der Waals surface area contributed by atoms with Gasteiger partial charge in [-0.05, 0) is 25.7 Å². The number of nitrogens with zero attached hydrogens (tertiary/aromatic N) is 1. The molecule has 1 heterocycles. The molecule has 0 unspecified atom stereocenters. The van der Waals surface area contributed by atoms with Crippen molar-refractivity contribution in [3.8, 4) is 0 Å². The van der Waals surface area contributed by atoms with Crippen LogP contribution >= 0.6 is 11.3 Å². The van der Waals surface area contributed by atoms with Gasteiger partial charge in [-0.25, -0.2) is 4.98 Å². The molecule has 0 atom stereocenters. The van der Waals surface area contributed by atoms with Crippen molar-refractivity contribution in [2.75, 3.05) is 7.11 Å². The molecule has 2 aliphatic rings. The summed E-state index contributed by atoms with van der Waals surface area (Å²) in [4.78, 5) is 6.47. The number of ether oxygens (including phenoxy) is 1. The predicted molar refractivity (Wildman–Crippen MR) is 87.8 cm³/mol. The van der Waals surface area contributed by atoms with Gasteiger partial charge < -0.3 is 10.1 Å². The zero-order chi connectivity index (χ0) is 15.1. The number of thiazole rings is 1. The van der Waals surface area contributed by atoms with Crippen LogP contribution in [0.2, 0.25) is 0 Å². The maximum absolute atomic E-state index is 5.93. The van der Waals surface area contributed by atoms with Crippen LogP contribution < -0.4 is 5.32 Å². The number of aromatic nitrogens is 1. The highest BCUT2D eigenvalue weighted by Gasteiger charge is 2.40. The van der Waals surface area contributed by atoms with Crippen molar-refractivity contribution in [2.24, 2.45) is 0 Å².